The van der Waals surface area contributed by atoms with E-state index >= 15 is 0 Å². The van der Waals surface area contributed by atoms with Gasteiger partial charge >= 0.3 is 12.1 Å². The smallest absolute Gasteiger partial charge is 0.475 e. The maximum atomic E-state index is 10.6. The fourth-order valence-corrected chi connectivity index (χ4v) is 4.13. The van der Waals surface area contributed by atoms with Crippen LogP contribution in [0.1, 0.15) is 50.7 Å². The molecular weight excluding hydrogens is 431 g/mol. The van der Waals surface area contributed by atoms with Crippen LogP contribution in [0.5, 0.6) is 0 Å². The Labute approximate surface area is 191 Å². The summed E-state index contributed by atoms with van der Waals surface area (Å²) in [4.78, 5) is 16.5. The van der Waals surface area contributed by atoms with Gasteiger partial charge in [-0.05, 0) is 66.3 Å². The lowest BCUT2D eigenvalue weighted by molar-refractivity contribution is -0.192. The Morgan fingerprint density at radius 3 is 2.33 bits per heavy atom. The normalized spacial score (nSPS) is 16.3. The van der Waals surface area contributed by atoms with E-state index in [1.165, 1.54) is 47.9 Å². The fourth-order valence-electron chi connectivity index (χ4n) is 4.13. The molecule has 1 aromatic heterocycles. The SMILES string of the molecule is Cc1c(-c2ccc(CNC3CCC(C)(C)CC3)cc2)ccc2[nH]cnc12.O=C(O)C(F)(F)F. The first-order valence-corrected chi connectivity index (χ1v) is 11.0. The van der Waals surface area contributed by atoms with Gasteiger partial charge < -0.3 is 15.4 Å². The number of aryl methyl sites for hydroxylation is 1. The minimum atomic E-state index is -5.08. The Kier molecular flexibility index (Phi) is 7.47. The number of carboxylic acid groups (broad SMARTS) is 1. The molecule has 0 spiro atoms. The second-order valence-electron chi connectivity index (χ2n) is 9.36. The number of imidazole rings is 1. The molecule has 3 aromatic rings. The Bertz CT molecular complexity index is 1080. The summed E-state index contributed by atoms with van der Waals surface area (Å²) in [5.41, 5.74) is 7.81. The van der Waals surface area contributed by atoms with E-state index in [1.807, 2.05) is 0 Å². The zero-order chi connectivity index (χ0) is 24.2. The number of hydrogen-bond acceptors (Lipinski definition) is 3. The standard InChI is InChI=1S/C23H29N3.C2HF3O2/c1-16-20(8-9-21-22(16)26-15-25-21)18-6-4-17(5-7-18)14-24-19-10-12-23(2,3)13-11-19;3-2(4,5)1(6)7/h4-9,15,19,24H,10-14H2,1-3H3,(H,25,26);(H,6,7). The van der Waals surface area contributed by atoms with E-state index in [2.05, 4.69) is 72.5 Å². The third kappa shape index (κ3) is 6.57. The Morgan fingerprint density at radius 2 is 1.76 bits per heavy atom. The van der Waals surface area contributed by atoms with Gasteiger partial charge in [-0.25, -0.2) is 9.78 Å². The van der Waals surface area contributed by atoms with Crippen LogP contribution in [-0.4, -0.2) is 33.3 Å². The lowest BCUT2D eigenvalue weighted by Gasteiger charge is -2.34. The quantitative estimate of drug-likeness (QED) is 0.430. The summed E-state index contributed by atoms with van der Waals surface area (Å²) in [6.07, 6.45) is 1.95. The molecule has 33 heavy (non-hydrogen) atoms. The number of fused-ring (bicyclic) bond motifs is 1. The van der Waals surface area contributed by atoms with Crippen LogP contribution in [0.15, 0.2) is 42.7 Å². The largest absolute Gasteiger partial charge is 0.490 e. The van der Waals surface area contributed by atoms with Crippen molar-refractivity contribution in [2.75, 3.05) is 0 Å². The highest BCUT2D eigenvalue weighted by Crippen LogP contribution is 2.35. The van der Waals surface area contributed by atoms with Crippen LogP contribution in [0.25, 0.3) is 22.2 Å². The molecule has 3 N–H and O–H groups in total. The minimum absolute atomic E-state index is 0.535. The van der Waals surface area contributed by atoms with Crippen molar-refractivity contribution in [3.05, 3.63) is 53.9 Å². The number of carbonyl (C=O) groups is 1. The van der Waals surface area contributed by atoms with Crippen molar-refractivity contribution in [2.24, 2.45) is 5.41 Å². The number of rotatable bonds is 4. The molecule has 1 aliphatic carbocycles. The van der Waals surface area contributed by atoms with Crippen molar-refractivity contribution in [2.45, 2.75) is 65.2 Å². The summed E-state index contributed by atoms with van der Waals surface area (Å²) in [6, 6.07) is 14.0. The molecule has 4 rings (SSSR count). The zero-order valence-corrected chi connectivity index (χ0v) is 19.1. The zero-order valence-electron chi connectivity index (χ0n) is 19.1. The van der Waals surface area contributed by atoms with E-state index in [-0.39, 0.29) is 0 Å². The molecule has 2 aromatic carbocycles. The van der Waals surface area contributed by atoms with Gasteiger partial charge in [0, 0.05) is 12.6 Å². The van der Waals surface area contributed by atoms with E-state index in [0.29, 0.717) is 11.5 Å². The second-order valence-corrected chi connectivity index (χ2v) is 9.36. The summed E-state index contributed by atoms with van der Waals surface area (Å²) < 4.78 is 31.7. The molecule has 0 bridgehead atoms. The van der Waals surface area contributed by atoms with Gasteiger partial charge in [0.1, 0.15) is 0 Å². The number of aromatic amines is 1. The highest BCUT2D eigenvalue weighted by molar-refractivity contribution is 5.86. The molecular formula is C25H30F3N3O2. The topological polar surface area (TPSA) is 78.0 Å². The molecule has 5 nitrogen and oxygen atoms in total. The molecule has 178 valence electrons. The first kappa shape index (κ1) is 24.8. The number of benzene rings is 2. The molecule has 0 saturated heterocycles. The monoisotopic (exact) mass is 461 g/mol. The summed E-state index contributed by atoms with van der Waals surface area (Å²) in [6.45, 7) is 7.90. The predicted molar refractivity (Wildman–Crippen MR) is 123 cm³/mol. The van der Waals surface area contributed by atoms with Crippen molar-refractivity contribution < 1.29 is 23.1 Å². The first-order chi connectivity index (χ1) is 15.5. The lowest BCUT2D eigenvalue weighted by Crippen LogP contribution is -2.35. The van der Waals surface area contributed by atoms with Crippen molar-refractivity contribution in [3.63, 3.8) is 0 Å². The van der Waals surface area contributed by atoms with Gasteiger partial charge in [-0.2, -0.15) is 13.2 Å². The molecule has 1 saturated carbocycles. The van der Waals surface area contributed by atoms with Crippen LogP contribution in [0.3, 0.4) is 0 Å². The third-order valence-corrected chi connectivity index (χ3v) is 6.29. The number of hydrogen-bond donors (Lipinski definition) is 3. The van der Waals surface area contributed by atoms with Crippen LogP contribution < -0.4 is 5.32 Å². The number of aliphatic carboxylic acids is 1. The first-order valence-electron chi connectivity index (χ1n) is 11.0. The molecule has 0 amide bonds. The highest BCUT2D eigenvalue weighted by Gasteiger charge is 2.38. The Balaban J connectivity index is 0.000000383. The number of nitrogens with zero attached hydrogens (tertiary/aromatic N) is 1. The number of aromatic nitrogens is 2. The minimum Gasteiger partial charge on any atom is -0.475 e. The highest BCUT2D eigenvalue weighted by atomic mass is 19.4. The van der Waals surface area contributed by atoms with Crippen molar-refractivity contribution in [1.29, 1.82) is 0 Å². The third-order valence-electron chi connectivity index (χ3n) is 6.29. The fraction of sp³-hybridized carbons (Fsp3) is 0.440. The molecule has 1 fully saturated rings. The van der Waals surface area contributed by atoms with Crippen molar-refractivity contribution in [3.8, 4) is 11.1 Å². The summed E-state index contributed by atoms with van der Waals surface area (Å²) in [7, 11) is 0. The summed E-state index contributed by atoms with van der Waals surface area (Å²) >= 11 is 0. The van der Waals surface area contributed by atoms with E-state index in [4.69, 9.17) is 9.90 Å². The van der Waals surface area contributed by atoms with E-state index in [0.717, 1.165) is 17.6 Å². The Morgan fingerprint density at radius 1 is 1.15 bits per heavy atom. The summed E-state index contributed by atoms with van der Waals surface area (Å²) in [5.74, 6) is -2.76. The number of H-pyrrole nitrogens is 1. The van der Waals surface area contributed by atoms with Crippen LogP contribution in [0, 0.1) is 12.3 Å². The lowest BCUT2D eigenvalue weighted by atomic mass is 9.75. The van der Waals surface area contributed by atoms with Crippen LogP contribution in [-0.2, 0) is 11.3 Å². The number of alkyl halides is 3. The van der Waals surface area contributed by atoms with E-state index in [1.54, 1.807) is 6.33 Å². The molecule has 0 unspecified atom stereocenters. The summed E-state index contributed by atoms with van der Waals surface area (Å²) in [5, 5.41) is 10.9. The van der Waals surface area contributed by atoms with Crippen LogP contribution in [0.4, 0.5) is 13.2 Å². The van der Waals surface area contributed by atoms with Crippen LogP contribution >= 0.6 is 0 Å². The Hall–Kier alpha value is -2.87. The number of nitrogens with one attached hydrogen (secondary N) is 2. The van der Waals surface area contributed by atoms with Gasteiger partial charge in [0.2, 0.25) is 0 Å². The van der Waals surface area contributed by atoms with Gasteiger partial charge in [-0.3, -0.25) is 0 Å². The van der Waals surface area contributed by atoms with E-state index in [9.17, 15) is 13.2 Å². The van der Waals surface area contributed by atoms with Crippen molar-refractivity contribution in [1.82, 2.24) is 15.3 Å². The average Bonchev–Trinajstić information content (AvgIpc) is 3.23. The second kappa shape index (κ2) is 9.95. The van der Waals surface area contributed by atoms with Gasteiger partial charge in [-0.15, -0.1) is 0 Å². The van der Waals surface area contributed by atoms with E-state index < -0.39 is 12.1 Å². The molecule has 8 heteroatoms. The molecule has 0 radical (unpaired) electrons. The molecule has 0 aliphatic heterocycles. The molecule has 1 aliphatic rings. The van der Waals surface area contributed by atoms with Gasteiger partial charge in [0.25, 0.3) is 0 Å². The maximum Gasteiger partial charge on any atom is 0.490 e. The molecule has 1 heterocycles. The van der Waals surface area contributed by atoms with Crippen molar-refractivity contribution >= 4 is 17.0 Å². The van der Waals surface area contributed by atoms with Gasteiger partial charge in [-0.1, -0.05) is 44.2 Å². The van der Waals surface area contributed by atoms with Gasteiger partial charge in [0.15, 0.2) is 0 Å². The van der Waals surface area contributed by atoms with Gasteiger partial charge in [0.05, 0.1) is 17.4 Å². The average molecular weight is 462 g/mol. The number of carboxylic acids is 1. The van der Waals surface area contributed by atoms with Crippen LogP contribution in [0.2, 0.25) is 0 Å². The molecule has 0 atom stereocenters. The maximum absolute atomic E-state index is 10.6. The number of halogens is 3. The predicted octanol–water partition coefficient (Wildman–Crippen LogP) is 6.23.